The number of hydrogen-bond acceptors (Lipinski definition) is 4. The third-order valence-corrected chi connectivity index (χ3v) is 14.1. The van der Waals surface area contributed by atoms with E-state index in [0.29, 0.717) is 0 Å². The number of nitrogens with zero attached hydrogens (tertiary/aromatic N) is 2. The van der Waals surface area contributed by atoms with E-state index in [1.165, 1.54) is 55.3 Å². The lowest BCUT2D eigenvalue weighted by Crippen LogP contribution is -2.26. The molecule has 290 valence electrons. The average molecular weight is 801 g/mol. The first-order chi connectivity index (χ1) is 31.2. The van der Waals surface area contributed by atoms with Crippen LogP contribution in [0.4, 0.5) is 0 Å². The van der Waals surface area contributed by atoms with Gasteiger partial charge in [0.25, 0.3) is 0 Å². The third kappa shape index (κ3) is 4.20. The van der Waals surface area contributed by atoms with E-state index >= 15 is 0 Å². The Morgan fingerprint density at radius 3 is 1.65 bits per heavy atom. The topological polar surface area (TPSA) is 52.1 Å². The Balaban J connectivity index is 0.975. The largest absolute Gasteiger partial charge is 0.456 e. The molecule has 13 aromatic rings. The SMILES string of the molecule is c1ccc2c(c1)-c1ccccc1C21c2cc(-c3cnc4c5ccccc5c5ccccc5c4n3)ccc2-c2ccc(-c3cccc4c3oc3c4ccc4oc5ccccc5c43)cc21. The molecule has 0 bridgehead atoms. The number of hydrogen-bond donors (Lipinski definition) is 0. The quantitative estimate of drug-likeness (QED) is 0.163. The van der Waals surface area contributed by atoms with Crippen LogP contribution in [0.1, 0.15) is 22.3 Å². The fraction of sp³-hybridized carbons (Fsp3) is 0.0169. The van der Waals surface area contributed by atoms with E-state index in [4.69, 9.17) is 18.8 Å². The van der Waals surface area contributed by atoms with Crippen LogP contribution in [0.2, 0.25) is 0 Å². The molecule has 4 heteroatoms. The molecule has 15 rings (SSSR count). The van der Waals surface area contributed by atoms with E-state index in [1.807, 2.05) is 18.3 Å². The minimum atomic E-state index is -0.569. The van der Waals surface area contributed by atoms with E-state index in [9.17, 15) is 0 Å². The van der Waals surface area contributed by atoms with Gasteiger partial charge in [-0.1, -0.05) is 158 Å². The maximum atomic E-state index is 7.00. The second-order valence-corrected chi connectivity index (χ2v) is 17.1. The smallest absolute Gasteiger partial charge is 0.147 e. The lowest BCUT2D eigenvalue weighted by Gasteiger charge is -2.31. The maximum Gasteiger partial charge on any atom is 0.147 e. The van der Waals surface area contributed by atoms with E-state index in [2.05, 4.69) is 176 Å². The molecule has 0 radical (unpaired) electrons. The van der Waals surface area contributed by atoms with Crippen LogP contribution in [-0.4, -0.2) is 9.97 Å². The van der Waals surface area contributed by atoms with Crippen molar-refractivity contribution >= 4 is 76.5 Å². The zero-order valence-electron chi connectivity index (χ0n) is 33.7. The summed E-state index contributed by atoms with van der Waals surface area (Å²) >= 11 is 0. The minimum absolute atomic E-state index is 0.569. The van der Waals surface area contributed by atoms with Crippen LogP contribution in [-0.2, 0) is 5.41 Å². The van der Waals surface area contributed by atoms with Crippen LogP contribution < -0.4 is 0 Å². The van der Waals surface area contributed by atoms with Gasteiger partial charge in [0, 0.05) is 38.1 Å². The van der Waals surface area contributed by atoms with Crippen molar-refractivity contribution in [2.24, 2.45) is 0 Å². The van der Waals surface area contributed by atoms with Crippen molar-refractivity contribution in [1.29, 1.82) is 0 Å². The molecular weight excluding hydrogens is 769 g/mol. The molecular formula is C59H32N2O2. The van der Waals surface area contributed by atoms with Gasteiger partial charge in [-0.3, -0.25) is 4.98 Å². The second kappa shape index (κ2) is 11.9. The van der Waals surface area contributed by atoms with Gasteiger partial charge in [-0.25, -0.2) is 4.98 Å². The minimum Gasteiger partial charge on any atom is -0.456 e. The monoisotopic (exact) mass is 800 g/mol. The normalized spacial score (nSPS) is 13.5. The van der Waals surface area contributed by atoms with Gasteiger partial charge in [0.15, 0.2) is 0 Å². The van der Waals surface area contributed by atoms with Gasteiger partial charge in [-0.15, -0.1) is 0 Å². The maximum absolute atomic E-state index is 7.00. The van der Waals surface area contributed by atoms with Gasteiger partial charge in [-0.05, 0) is 91.2 Å². The molecule has 1 spiro atoms. The molecule has 0 N–H and O–H groups in total. The molecule has 0 aliphatic heterocycles. The Kier molecular flexibility index (Phi) is 6.32. The van der Waals surface area contributed by atoms with Crippen LogP contribution in [0, 0.1) is 0 Å². The molecule has 3 heterocycles. The summed E-state index contributed by atoms with van der Waals surface area (Å²) in [6, 6.07) is 68.0. The standard InChI is InChI=1S/C59H32N2O2/c1-3-16-42-36(12-1)37-13-2-4-17-43(37)56-55(42)60-32-51(61-56)34-25-27-41-40-26-24-33(30-49(40)59(50(41)31-34)47-21-8-5-14-38(47)39-15-6-9-22-48(39)59)35-19-11-20-44-45-28-29-53-54(58(45)63-57(35)44)46-18-7-10-23-52(46)62-53/h1-32H. The number of para-hydroxylation sites is 2. The first-order valence-electron chi connectivity index (χ1n) is 21.6. The van der Waals surface area contributed by atoms with Crippen molar-refractivity contribution in [3.05, 3.63) is 217 Å². The zero-order valence-corrected chi connectivity index (χ0v) is 33.7. The summed E-state index contributed by atoms with van der Waals surface area (Å²) in [4.78, 5) is 10.6. The summed E-state index contributed by atoms with van der Waals surface area (Å²) in [5, 5.41) is 8.85. The molecule has 4 nitrogen and oxygen atoms in total. The molecule has 3 aromatic heterocycles. The van der Waals surface area contributed by atoms with Gasteiger partial charge in [0.05, 0.1) is 33.7 Å². The summed E-state index contributed by atoms with van der Waals surface area (Å²) in [6.45, 7) is 0. The Hall–Kier alpha value is -8.34. The van der Waals surface area contributed by atoms with Crippen LogP contribution in [0.5, 0.6) is 0 Å². The Morgan fingerprint density at radius 1 is 0.349 bits per heavy atom. The van der Waals surface area contributed by atoms with E-state index in [-0.39, 0.29) is 0 Å². The molecule has 0 unspecified atom stereocenters. The summed E-state index contributed by atoms with van der Waals surface area (Å²) in [5.41, 5.74) is 18.9. The fourth-order valence-electron chi connectivity index (χ4n) is 11.5. The summed E-state index contributed by atoms with van der Waals surface area (Å²) < 4.78 is 13.3. The molecule has 0 fully saturated rings. The van der Waals surface area contributed by atoms with Crippen molar-refractivity contribution in [2.75, 3.05) is 0 Å². The van der Waals surface area contributed by atoms with Crippen LogP contribution >= 0.6 is 0 Å². The molecule has 10 aromatic carbocycles. The van der Waals surface area contributed by atoms with E-state index < -0.39 is 5.41 Å². The number of benzene rings is 10. The first-order valence-corrected chi connectivity index (χ1v) is 21.6. The van der Waals surface area contributed by atoms with Crippen LogP contribution in [0.25, 0.3) is 121 Å². The highest BCUT2D eigenvalue weighted by atomic mass is 16.3. The summed E-state index contributed by atoms with van der Waals surface area (Å²) in [5.74, 6) is 0. The highest BCUT2D eigenvalue weighted by Gasteiger charge is 2.51. The molecule has 0 saturated heterocycles. The van der Waals surface area contributed by atoms with Gasteiger partial charge < -0.3 is 8.83 Å². The van der Waals surface area contributed by atoms with E-state index in [1.54, 1.807) is 0 Å². The highest BCUT2D eigenvalue weighted by molar-refractivity contribution is 6.24. The lowest BCUT2D eigenvalue weighted by atomic mass is 9.70. The first kappa shape index (κ1) is 33.4. The zero-order chi connectivity index (χ0) is 41.0. The molecule has 0 amide bonds. The Bertz CT molecular complexity index is 4090. The lowest BCUT2D eigenvalue weighted by molar-refractivity contribution is 0.663. The molecule has 2 aliphatic carbocycles. The highest BCUT2D eigenvalue weighted by Crippen LogP contribution is 2.63. The number of rotatable bonds is 2. The molecule has 63 heavy (non-hydrogen) atoms. The Labute approximate surface area is 360 Å². The third-order valence-electron chi connectivity index (χ3n) is 14.1. The van der Waals surface area contributed by atoms with Gasteiger partial charge in [0.1, 0.15) is 22.3 Å². The van der Waals surface area contributed by atoms with E-state index in [0.717, 1.165) is 88.1 Å². The predicted octanol–water partition coefficient (Wildman–Crippen LogP) is 15.4. The van der Waals surface area contributed by atoms with Gasteiger partial charge in [-0.2, -0.15) is 0 Å². The average Bonchev–Trinajstić information content (AvgIpc) is 4.09. The second-order valence-electron chi connectivity index (χ2n) is 17.1. The fourth-order valence-corrected chi connectivity index (χ4v) is 11.5. The molecule has 0 atom stereocenters. The Morgan fingerprint density at radius 2 is 0.905 bits per heavy atom. The van der Waals surface area contributed by atoms with Crippen LogP contribution in [0.15, 0.2) is 203 Å². The van der Waals surface area contributed by atoms with Gasteiger partial charge >= 0.3 is 0 Å². The van der Waals surface area contributed by atoms with Crippen molar-refractivity contribution in [1.82, 2.24) is 9.97 Å². The van der Waals surface area contributed by atoms with Crippen molar-refractivity contribution in [3.8, 4) is 44.6 Å². The summed E-state index contributed by atoms with van der Waals surface area (Å²) in [7, 11) is 0. The van der Waals surface area contributed by atoms with Crippen molar-refractivity contribution in [3.63, 3.8) is 0 Å². The predicted molar refractivity (Wildman–Crippen MR) is 256 cm³/mol. The number of fused-ring (bicyclic) bond motifs is 23. The molecule has 2 aliphatic rings. The van der Waals surface area contributed by atoms with Crippen molar-refractivity contribution < 1.29 is 8.83 Å². The van der Waals surface area contributed by atoms with Crippen LogP contribution in [0.3, 0.4) is 0 Å². The summed E-state index contributed by atoms with van der Waals surface area (Å²) in [6.07, 6.45) is 1.96. The number of furan rings is 2. The molecule has 0 saturated carbocycles. The van der Waals surface area contributed by atoms with Gasteiger partial charge in [0.2, 0.25) is 0 Å². The number of aromatic nitrogens is 2. The van der Waals surface area contributed by atoms with Crippen molar-refractivity contribution in [2.45, 2.75) is 5.41 Å².